The van der Waals surface area contributed by atoms with E-state index in [-0.39, 0.29) is 0 Å². The Morgan fingerprint density at radius 2 is 0.902 bits per heavy atom. The van der Waals surface area contributed by atoms with Gasteiger partial charge in [0.25, 0.3) is 0 Å². The molecule has 0 N–H and O–H groups in total. The van der Waals surface area contributed by atoms with Gasteiger partial charge in [0.05, 0.1) is 11.2 Å². The maximum atomic E-state index is 15.1. The quantitative estimate of drug-likeness (QED) is 0.158. The summed E-state index contributed by atoms with van der Waals surface area (Å²) in [7, 11) is -3.10. The second kappa shape index (κ2) is 12.9. The third-order valence-electron chi connectivity index (χ3n) is 9.72. The van der Waals surface area contributed by atoms with E-state index in [0.717, 1.165) is 76.8 Å². The van der Waals surface area contributed by atoms with Crippen LogP contribution in [0, 0.1) is 0 Å². The third-order valence-corrected chi connectivity index (χ3v) is 12.8. The highest BCUT2D eigenvalue weighted by Crippen LogP contribution is 2.45. The third kappa shape index (κ3) is 5.31. The summed E-state index contributed by atoms with van der Waals surface area (Å²) < 4.78 is 17.2. The van der Waals surface area contributed by atoms with Crippen LogP contribution in [0.1, 0.15) is 0 Å². The van der Waals surface area contributed by atoms with Crippen molar-refractivity contribution in [1.29, 1.82) is 0 Å². The number of rotatable bonds is 7. The lowest BCUT2D eigenvalue weighted by atomic mass is 9.90. The van der Waals surface area contributed by atoms with E-state index in [1.165, 1.54) is 0 Å². The molecule has 0 aliphatic carbocycles. The van der Waals surface area contributed by atoms with E-state index in [9.17, 15) is 0 Å². The first-order valence-electron chi connectivity index (χ1n) is 17.2. The Morgan fingerprint density at radius 3 is 1.49 bits per heavy atom. The highest BCUT2D eigenvalue weighted by molar-refractivity contribution is 7.85. The van der Waals surface area contributed by atoms with E-state index in [1.807, 2.05) is 84.9 Å². The van der Waals surface area contributed by atoms with Crippen LogP contribution in [0.2, 0.25) is 0 Å². The van der Waals surface area contributed by atoms with E-state index in [2.05, 4.69) is 120 Å². The molecule has 0 bridgehead atoms. The van der Waals surface area contributed by atoms with Gasteiger partial charge in [0.2, 0.25) is 0 Å². The zero-order valence-electron chi connectivity index (χ0n) is 27.8. The molecule has 0 amide bonds. The SMILES string of the molecule is O=P(c1ccccc1)(c1ccccc1)c1ccc(-c2cccc3c2cc(-c2ccccc2)c2c(-c4ccccc4)nn(-c4ccccc4)c23)cc1. The van der Waals surface area contributed by atoms with Gasteiger partial charge in [0.15, 0.2) is 7.14 Å². The molecule has 0 aliphatic heterocycles. The second-order valence-electron chi connectivity index (χ2n) is 12.7. The van der Waals surface area contributed by atoms with Gasteiger partial charge in [0, 0.05) is 32.2 Å². The van der Waals surface area contributed by atoms with Crippen LogP contribution >= 0.6 is 7.14 Å². The van der Waals surface area contributed by atoms with Crippen LogP contribution in [-0.4, -0.2) is 9.78 Å². The molecule has 1 aromatic heterocycles. The summed E-state index contributed by atoms with van der Waals surface area (Å²) in [6, 6.07) is 68.3. The van der Waals surface area contributed by atoms with Crippen molar-refractivity contribution >= 4 is 44.7 Å². The second-order valence-corrected chi connectivity index (χ2v) is 15.5. The Bertz CT molecular complexity index is 2630. The number of aromatic nitrogens is 2. The molecule has 0 aliphatic rings. The lowest BCUT2D eigenvalue weighted by Gasteiger charge is -2.20. The zero-order chi connectivity index (χ0) is 34.2. The molecule has 0 saturated heterocycles. The maximum absolute atomic E-state index is 15.1. The van der Waals surface area contributed by atoms with E-state index in [4.69, 9.17) is 5.10 Å². The average molecular weight is 673 g/mol. The first-order valence-corrected chi connectivity index (χ1v) is 18.9. The van der Waals surface area contributed by atoms with Crippen LogP contribution in [0.15, 0.2) is 200 Å². The van der Waals surface area contributed by atoms with Crippen LogP contribution in [0.5, 0.6) is 0 Å². The fourth-order valence-corrected chi connectivity index (χ4v) is 9.94. The van der Waals surface area contributed by atoms with Crippen LogP contribution in [0.3, 0.4) is 0 Å². The van der Waals surface area contributed by atoms with Crippen molar-refractivity contribution in [3.05, 3.63) is 200 Å². The summed E-state index contributed by atoms with van der Waals surface area (Å²) in [6.45, 7) is 0. The zero-order valence-corrected chi connectivity index (χ0v) is 28.7. The number of benzene rings is 8. The largest absolute Gasteiger partial charge is 0.309 e. The van der Waals surface area contributed by atoms with Crippen molar-refractivity contribution in [3.63, 3.8) is 0 Å². The van der Waals surface area contributed by atoms with Crippen LogP contribution in [0.25, 0.3) is 60.9 Å². The predicted molar refractivity (Wildman–Crippen MR) is 214 cm³/mol. The van der Waals surface area contributed by atoms with E-state index >= 15 is 4.57 Å². The molecule has 0 radical (unpaired) electrons. The summed E-state index contributed by atoms with van der Waals surface area (Å²) >= 11 is 0. The van der Waals surface area contributed by atoms with Crippen LogP contribution < -0.4 is 15.9 Å². The van der Waals surface area contributed by atoms with Gasteiger partial charge in [-0.25, -0.2) is 4.68 Å². The fraction of sp³-hybridized carbons (Fsp3) is 0. The summed E-state index contributed by atoms with van der Waals surface area (Å²) in [5.74, 6) is 0. The van der Waals surface area contributed by atoms with Gasteiger partial charge in [0.1, 0.15) is 5.69 Å². The van der Waals surface area contributed by atoms with Gasteiger partial charge in [-0.3, -0.25) is 0 Å². The molecule has 0 saturated carbocycles. The van der Waals surface area contributed by atoms with Crippen molar-refractivity contribution in [2.75, 3.05) is 0 Å². The molecule has 9 aromatic rings. The molecule has 0 spiro atoms. The minimum atomic E-state index is -3.10. The number of para-hydroxylation sites is 1. The molecule has 3 nitrogen and oxygen atoms in total. The Kier molecular flexibility index (Phi) is 7.76. The van der Waals surface area contributed by atoms with Crippen LogP contribution in [0.4, 0.5) is 0 Å². The molecule has 242 valence electrons. The minimum Gasteiger partial charge on any atom is -0.309 e. The van der Waals surface area contributed by atoms with Crippen LogP contribution in [-0.2, 0) is 4.57 Å². The van der Waals surface area contributed by atoms with Gasteiger partial charge >= 0.3 is 0 Å². The van der Waals surface area contributed by atoms with Gasteiger partial charge in [-0.05, 0) is 45.8 Å². The Balaban J connectivity index is 1.30. The monoisotopic (exact) mass is 672 g/mol. The molecule has 51 heavy (non-hydrogen) atoms. The number of fused-ring (bicyclic) bond motifs is 3. The number of hydrogen-bond donors (Lipinski definition) is 0. The van der Waals surface area contributed by atoms with Crippen molar-refractivity contribution in [3.8, 4) is 39.2 Å². The molecule has 4 heteroatoms. The predicted octanol–water partition coefficient (Wildman–Crippen LogP) is 10.8. The molecular weight excluding hydrogens is 640 g/mol. The molecule has 8 aromatic carbocycles. The molecule has 9 rings (SSSR count). The molecule has 0 fully saturated rings. The fourth-order valence-electron chi connectivity index (χ4n) is 7.29. The summed E-state index contributed by atoms with van der Waals surface area (Å²) in [5, 5.41) is 11.2. The standard InChI is InChI=1S/C47H33N2OP/c50-51(38-23-12-4-13-24-38,39-25-14-5-15-26-39)40-31-29-35(30-32-40)41-27-16-28-42-44(41)33-43(34-17-6-1-7-18-34)45-46(36-19-8-2-9-20-36)48-49(47(42)45)37-21-10-3-11-22-37/h1-33H. The Labute approximate surface area is 297 Å². The van der Waals surface area contributed by atoms with Gasteiger partial charge < -0.3 is 4.57 Å². The topological polar surface area (TPSA) is 34.9 Å². The normalized spacial score (nSPS) is 11.6. The van der Waals surface area contributed by atoms with Crippen molar-refractivity contribution in [2.24, 2.45) is 0 Å². The minimum absolute atomic E-state index is 0.811. The van der Waals surface area contributed by atoms with E-state index in [0.29, 0.717) is 0 Å². The molecule has 0 atom stereocenters. The summed E-state index contributed by atoms with van der Waals surface area (Å²) in [5.41, 5.74) is 8.51. The number of nitrogens with zero attached hydrogens (tertiary/aromatic N) is 2. The highest BCUT2D eigenvalue weighted by atomic mass is 31.2. The lowest BCUT2D eigenvalue weighted by molar-refractivity contribution is 0.592. The van der Waals surface area contributed by atoms with Crippen molar-refractivity contribution in [2.45, 2.75) is 0 Å². The van der Waals surface area contributed by atoms with Gasteiger partial charge in [-0.1, -0.05) is 182 Å². The first-order chi connectivity index (χ1) is 25.2. The molecular formula is C47H33N2OP. The molecule has 1 heterocycles. The summed E-state index contributed by atoms with van der Waals surface area (Å²) in [6.07, 6.45) is 0. The average Bonchev–Trinajstić information content (AvgIpc) is 3.63. The maximum Gasteiger partial charge on any atom is 0.171 e. The highest BCUT2D eigenvalue weighted by Gasteiger charge is 2.29. The van der Waals surface area contributed by atoms with Crippen molar-refractivity contribution < 1.29 is 4.57 Å². The lowest BCUT2D eigenvalue weighted by Crippen LogP contribution is -2.24. The number of hydrogen-bond acceptors (Lipinski definition) is 2. The Hall–Kier alpha value is -6.28. The van der Waals surface area contributed by atoms with E-state index < -0.39 is 7.14 Å². The van der Waals surface area contributed by atoms with Gasteiger partial charge in [-0.15, -0.1) is 0 Å². The van der Waals surface area contributed by atoms with E-state index in [1.54, 1.807) is 0 Å². The van der Waals surface area contributed by atoms with Gasteiger partial charge in [-0.2, -0.15) is 5.10 Å². The Morgan fingerprint density at radius 1 is 0.412 bits per heavy atom. The summed E-state index contributed by atoms with van der Waals surface area (Å²) in [4.78, 5) is 0. The first kappa shape index (κ1) is 30.8. The molecule has 0 unspecified atom stereocenters. The smallest absolute Gasteiger partial charge is 0.171 e. The van der Waals surface area contributed by atoms with Crippen molar-refractivity contribution in [1.82, 2.24) is 9.78 Å².